The summed E-state index contributed by atoms with van der Waals surface area (Å²) >= 11 is 0. The van der Waals surface area contributed by atoms with E-state index < -0.39 is 0 Å². The fourth-order valence-corrected chi connectivity index (χ4v) is 1.11. The Morgan fingerprint density at radius 3 is 2.36 bits per heavy atom. The van der Waals surface area contributed by atoms with E-state index in [1.165, 1.54) is 11.3 Å². The van der Waals surface area contributed by atoms with E-state index in [-0.39, 0.29) is 0 Å². The summed E-state index contributed by atoms with van der Waals surface area (Å²) in [5.41, 5.74) is 5.09. The third kappa shape index (κ3) is 2.96. The third-order valence-electron chi connectivity index (χ3n) is 1.91. The van der Waals surface area contributed by atoms with Crippen molar-refractivity contribution in [3.8, 4) is 0 Å². The van der Waals surface area contributed by atoms with E-state index in [4.69, 9.17) is 0 Å². The number of hydrogen-bond donors (Lipinski definition) is 0. The average molecular weight is 185 g/mol. The molecule has 0 amide bonds. The fourth-order valence-electron chi connectivity index (χ4n) is 1.11. The Kier molecular flexibility index (Phi) is 3.78. The van der Waals surface area contributed by atoms with Crippen LogP contribution in [0.15, 0.2) is 48.7 Å². The predicted molar refractivity (Wildman–Crippen MR) is 63.5 cm³/mol. The lowest BCUT2D eigenvalue weighted by Crippen LogP contribution is -2.07. The van der Waals surface area contributed by atoms with E-state index in [0.717, 1.165) is 0 Å². The quantitative estimate of drug-likeness (QED) is 0.516. The van der Waals surface area contributed by atoms with Crippen molar-refractivity contribution >= 4 is 11.8 Å². The highest BCUT2D eigenvalue weighted by Crippen LogP contribution is 2.12. The molecule has 1 aromatic carbocycles. The van der Waals surface area contributed by atoms with Crippen LogP contribution in [0.5, 0.6) is 0 Å². The molecule has 0 spiro atoms. The first-order valence-electron chi connectivity index (χ1n) is 4.54. The molecule has 1 heteroatoms. The first-order valence-corrected chi connectivity index (χ1v) is 4.54. The van der Waals surface area contributed by atoms with E-state index >= 15 is 0 Å². The van der Waals surface area contributed by atoms with Crippen LogP contribution in [0.25, 0.3) is 6.08 Å². The molecule has 0 fully saturated rings. The molecule has 0 aliphatic carbocycles. The van der Waals surface area contributed by atoms with Crippen molar-refractivity contribution in [1.82, 2.24) is 0 Å². The average Bonchev–Trinajstić information content (AvgIpc) is 2.19. The zero-order valence-corrected chi connectivity index (χ0v) is 8.70. The largest absolute Gasteiger partial charge is 0.378 e. The molecule has 0 unspecified atom stereocenters. The normalized spacial score (nSPS) is 9.86. The molecule has 0 saturated carbocycles. The first-order chi connectivity index (χ1) is 6.74. The highest BCUT2D eigenvalue weighted by molar-refractivity contribution is 5.56. The molecular formula is C13H15N. The topological polar surface area (TPSA) is 3.24 Å². The molecule has 0 heterocycles. The van der Waals surface area contributed by atoms with Gasteiger partial charge in [0, 0.05) is 19.8 Å². The monoisotopic (exact) mass is 185 g/mol. The van der Waals surface area contributed by atoms with E-state index in [9.17, 15) is 0 Å². The molecule has 0 atom stereocenters. The Morgan fingerprint density at radius 1 is 1.21 bits per heavy atom. The van der Waals surface area contributed by atoms with Crippen molar-refractivity contribution < 1.29 is 0 Å². The van der Waals surface area contributed by atoms with Crippen molar-refractivity contribution in [1.29, 1.82) is 0 Å². The number of hydrogen-bond acceptors (Lipinski definition) is 1. The van der Waals surface area contributed by atoms with Gasteiger partial charge in [-0.05, 0) is 23.8 Å². The van der Waals surface area contributed by atoms with Gasteiger partial charge in [0.15, 0.2) is 0 Å². The second kappa shape index (κ2) is 5.11. The minimum atomic E-state index is 1.18. The number of anilines is 1. The molecule has 0 saturated heterocycles. The van der Waals surface area contributed by atoms with Gasteiger partial charge in [-0.15, -0.1) is 5.73 Å². The predicted octanol–water partition coefficient (Wildman–Crippen LogP) is 3.11. The van der Waals surface area contributed by atoms with Crippen LogP contribution in [-0.4, -0.2) is 14.1 Å². The van der Waals surface area contributed by atoms with Gasteiger partial charge in [-0.2, -0.15) is 0 Å². The zero-order chi connectivity index (χ0) is 10.4. The van der Waals surface area contributed by atoms with Crippen LogP contribution in [0.4, 0.5) is 5.69 Å². The number of nitrogens with zero attached hydrogens (tertiary/aromatic N) is 1. The van der Waals surface area contributed by atoms with Crippen LogP contribution in [0.3, 0.4) is 0 Å². The maximum atomic E-state index is 3.49. The number of benzene rings is 1. The van der Waals surface area contributed by atoms with Crippen LogP contribution >= 0.6 is 0 Å². The summed E-state index contributed by atoms with van der Waals surface area (Å²) in [5.74, 6) is 0. The molecule has 1 nitrogen and oxygen atoms in total. The minimum Gasteiger partial charge on any atom is -0.378 e. The second-order valence-corrected chi connectivity index (χ2v) is 3.22. The van der Waals surface area contributed by atoms with Crippen molar-refractivity contribution in [2.75, 3.05) is 19.0 Å². The summed E-state index contributed by atoms with van der Waals surface area (Å²) < 4.78 is 0. The summed E-state index contributed by atoms with van der Waals surface area (Å²) in [6, 6.07) is 8.36. The SMILES string of the molecule is C=C=C/C=C/c1ccc(N(C)C)cc1. The van der Waals surface area contributed by atoms with E-state index in [1.807, 2.05) is 26.2 Å². The van der Waals surface area contributed by atoms with Crippen molar-refractivity contribution in [3.63, 3.8) is 0 Å². The van der Waals surface area contributed by atoms with Crippen molar-refractivity contribution in [2.45, 2.75) is 0 Å². The third-order valence-corrected chi connectivity index (χ3v) is 1.91. The Balaban J connectivity index is 2.78. The van der Waals surface area contributed by atoms with Crippen molar-refractivity contribution in [3.05, 3.63) is 54.3 Å². The van der Waals surface area contributed by atoms with Gasteiger partial charge in [0.2, 0.25) is 0 Å². The molecule has 0 N–H and O–H groups in total. The number of rotatable bonds is 3. The van der Waals surface area contributed by atoms with Gasteiger partial charge >= 0.3 is 0 Å². The fraction of sp³-hybridized carbons (Fsp3) is 0.154. The summed E-state index contributed by atoms with van der Waals surface area (Å²) in [7, 11) is 4.07. The van der Waals surface area contributed by atoms with Crippen LogP contribution in [-0.2, 0) is 0 Å². The Labute approximate surface area is 85.7 Å². The molecule has 1 rings (SSSR count). The lowest BCUT2D eigenvalue weighted by atomic mass is 10.2. The van der Waals surface area contributed by atoms with Gasteiger partial charge in [0.1, 0.15) is 0 Å². The Morgan fingerprint density at radius 2 is 1.86 bits per heavy atom. The standard InChI is InChI=1S/C13H15N/c1-4-5-6-7-12-8-10-13(11-9-12)14(2)3/h5-11H,1H2,2-3H3/b7-6+. The maximum Gasteiger partial charge on any atom is 0.0361 e. The first kappa shape index (κ1) is 10.4. The van der Waals surface area contributed by atoms with Crippen LogP contribution in [0.2, 0.25) is 0 Å². The van der Waals surface area contributed by atoms with Gasteiger partial charge in [-0.1, -0.05) is 30.9 Å². The molecule has 0 aromatic heterocycles. The molecule has 0 bridgehead atoms. The van der Waals surface area contributed by atoms with E-state index in [2.05, 4.69) is 41.5 Å². The lowest BCUT2D eigenvalue weighted by molar-refractivity contribution is 1.13. The molecule has 14 heavy (non-hydrogen) atoms. The van der Waals surface area contributed by atoms with Gasteiger partial charge < -0.3 is 4.90 Å². The van der Waals surface area contributed by atoms with Gasteiger partial charge in [-0.3, -0.25) is 0 Å². The summed E-state index contributed by atoms with van der Waals surface area (Å²) in [6.45, 7) is 3.49. The molecule has 0 aliphatic heterocycles. The van der Waals surface area contributed by atoms with Crippen LogP contribution in [0, 0.1) is 0 Å². The smallest absolute Gasteiger partial charge is 0.0361 e. The molecule has 0 aliphatic rings. The van der Waals surface area contributed by atoms with Crippen molar-refractivity contribution in [2.24, 2.45) is 0 Å². The maximum absolute atomic E-state index is 3.49. The lowest BCUT2D eigenvalue weighted by Gasteiger charge is -2.11. The number of allylic oxidation sites excluding steroid dienone is 2. The van der Waals surface area contributed by atoms with Crippen LogP contribution < -0.4 is 4.90 Å². The molecule has 0 radical (unpaired) electrons. The summed E-state index contributed by atoms with van der Waals surface area (Å²) in [6.07, 6.45) is 5.75. The summed E-state index contributed by atoms with van der Waals surface area (Å²) in [5, 5.41) is 0. The Bertz CT molecular complexity index is 351. The highest BCUT2D eigenvalue weighted by Gasteiger charge is 1.92. The van der Waals surface area contributed by atoms with Crippen LogP contribution in [0.1, 0.15) is 5.56 Å². The molecule has 72 valence electrons. The molecular weight excluding hydrogens is 170 g/mol. The Hall–Kier alpha value is -1.72. The minimum absolute atomic E-state index is 1.18. The second-order valence-electron chi connectivity index (χ2n) is 3.22. The van der Waals surface area contributed by atoms with E-state index in [0.29, 0.717) is 0 Å². The van der Waals surface area contributed by atoms with Gasteiger partial charge in [0.05, 0.1) is 0 Å². The van der Waals surface area contributed by atoms with Gasteiger partial charge in [0.25, 0.3) is 0 Å². The highest BCUT2D eigenvalue weighted by atomic mass is 15.1. The zero-order valence-electron chi connectivity index (χ0n) is 8.70. The van der Waals surface area contributed by atoms with Gasteiger partial charge in [-0.25, -0.2) is 0 Å². The summed E-state index contributed by atoms with van der Waals surface area (Å²) in [4.78, 5) is 2.08. The molecule has 1 aromatic rings. The van der Waals surface area contributed by atoms with E-state index in [1.54, 1.807) is 6.08 Å².